The smallest absolute Gasteiger partial charge is 0.283 e. The van der Waals surface area contributed by atoms with Gasteiger partial charge in [-0.2, -0.15) is 4.99 Å². The van der Waals surface area contributed by atoms with Gasteiger partial charge in [0.25, 0.3) is 5.91 Å². The van der Waals surface area contributed by atoms with Crippen molar-refractivity contribution in [3.05, 3.63) is 52.3 Å². The van der Waals surface area contributed by atoms with E-state index in [2.05, 4.69) is 36.9 Å². The number of carbonyl (C=O) groups is 1. The Kier molecular flexibility index (Phi) is 5.86. The van der Waals surface area contributed by atoms with Gasteiger partial charge in [-0.05, 0) is 41.8 Å². The second kappa shape index (κ2) is 8.32. The fourth-order valence-electron chi connectivity index (χ4n) is 2.91. The summed E-state index contributed by atoms with van der Waals surface area (Å²) in [4.78, 5) is 17.8. The van der Waals surface area contributed by atoms with Crippen LogP contribution < -0.4 is 14.3 Å². The van der Waals surface area contributed by atoms with E-state index < -0.39 is 5.91 Å². The molecule has 144 valence electrons. The highest BCUT2D eigenvalue weighted by Gasteiger charge is 2.15. The molecule has 3 aromatic rings. The van der Waals surface area contributed by atoms with Crippen molar-refractivity contribution in [3.8, 4) is 23.8 Å². The highest BCUT2D eigenvalue weighted by Crippen LogP contribution is 2.26. The van der Waals surface area contributed by atoms with Gasteiger partial charge in [0.05, 0.1) is 36.5 Å². The van der Waals surface area contributed by atoms with Crippen molar-refractivity contribution in [1.82, 2.24) is 4.57 Å². The number of aromatic nitrogens is 1. The van der Waals surface area contributed by atoms with E-state index in [1.807, 2.05) is 10.6 Å². The number of hydrogen-bond donors (Lipinski definition) is 0. The van der Waals surface area contributed by atoms with Gasteiger partial charge < -0.3 is 14.0 Å². The fraction of sp³-hybridized carbons (Fsp3) is 0.273. The average molecular weight is 394 g/mol. The van der Waals surface area contributed by atoms with Crippen LogP contribution in [0, 0.1) is 12.3 Å². The van der Waals surface area contributed by atoms with Crippen LogP contribution >= 0.6 is 11.3 Å². The lowest BCUT2D eigenvalue weighted by atomic mass is 10.0. The maximum Gasteiger partial charge on any atom is 0.283 e. The monoisotopic (exact) mass is 394 g/mol. The number of thiazole rings is 1. The van der Waals surface area contributed by atoms with Crippen LogP contribution in [0.4, 0.5) is 0 Å². The Labute approximate surface area is 168 Å². The molecule has 1 aromatic heterocycles. The number of methoxy groups -OCH3 is 2. The summed E-state index contributed by atoms with van der Waals surface area (Å²) in [5.41, 5.74) is 2.54. The minimum Gasteiger partial charge on any atom is -0.497 e. The third-order valence-electron chi connectivity index (χ3n) is 4.46. The molecule has 2 aromatic carbocycles. The minimum atomic E-state index is -0.405. The molecular formula is C22H22N2O3S. The van der Waals surface area contributed by atoms with Crippen LogP contribution in [0.3, 0.4) is 0 Å². The standard InChI is InChI=1S/C22H22N2O3S/c1-6-11-24-18-9-7-15(14(2)3)12-20(18)28-22(24)23-21(25)17-13-16(26-4)8-10-19(17)27-5/h1,7-10,12-14H,11H2,2-5H3. The van der Waals surface area contributed by atoms with Gasteiger partial charge in [0, 0.05) is 0 Å². The van der Waals surface area contributed by atoms with Crippen LogP contribution in [0.25, 0.3) is 10.2 Å². The lowest BCUT2D eigenvalue weighted by molar-refractivity contribution is 0.0994. The Hall–Kier alpha value is -3.04. The van der Waals surface area contributed by atoms with Crippen LogP contribution in [0.1, 0.15) is 35.7 Å². The summed E-state index contributed by atoms with van der Waals surface area (Å²) >= 11 is 1.45. The summed E-state index contributed by atoms with van der Waals surface area (Å²) in [6.07, 6.45) is 5.55. The van der Waals surface area contributed by atoms with Crippen molar-refractivity contribution in [1.29, 1.82) is 0 Å². The number of carbonyl (C=O) groups excluding carboxylic acids is 1. The highest BCUT2D eigenvalue weighted by molar-refractivity contribution is 7.16. The zero-order valence-electron chi connectivity index (χ0n) is 16.4. The lowest BCUT2D eigenvalue weighted by Gasteiger charge is -2.07. The molecule has 0 N–H and O–H groups in total. The molecule has 28 heavy (non-hydrogen) atoms. The van der Waals surface area contributed by atoms with Crippen molar-refractivity contribution in [2.24, 2.45) is 4.99 Å². The first-order valence-corrected chi connectivity index (χ1v) is 9.68. The van der Waals surface area contributed by atoms with E-state index in [0.29, 0.717) is 34.3 Å². The second-order valence-corrected chi connectivity index (χ2v) is 7.55. The predicted molar refractivity (Wildman–Crippen MR) is 112 cm³/mol. The van der Waals surface area contributed by atoms with Gasteiger partial charge in [-0.1, -0.05) is 37.2 Å². The molecule has 0 radical (unpaired) electrons. The average Bonchev–Trinajstić information content (AvgIpc) is 3.03. The number of terminal acetylenes is 1. The summed E-state index contributed by atoms with van der Waals surface area (Å²) in [7, 11) is 3.07. The molecule has 0 fully saturated rings. The summed E-state index contributed by atoms with van der Waals surface area (Å²) in [6.45, 7) is 4.63. The summed E-state index contributed by atoms with van der Waals surface area (Å²) in [5.74, 6) is 3.66. The molecule has 0 aliphatic rings. The van der Waals surface area contributed by atoms with E-state index in [4.69, 9.17) is 15.9 Å². The topological polar surface area (TPSA) is 52.8 Å². The zero-order valence-corrected chi connectivity index (χ0v) is 17.2. The Morgan fingerprint density at radius 3 is 2.64 bits per heavy atom. The highest BCUT2D eigenvalue weighted by atomic mass is 32.1. The molecule has 0 aliphatic heterocycles. The Morgan fingerprint density at radius 1 is 1.21 bits per heavy atom. The molecule has 0 atom stereocenters. The van der Waals surface area contributed by atoms with E-state index in [-0.39, 0.29) is 0 Å². The van der Waals surface area contributed by atoms with Gasteiger partial charge in [0.1, 0.15) is 11.5 Å². The number of ether oxygens (including phenoxy) is 2. The molecule has 3 rings (SSSR count). The largest absolute Gasteiger partial charge is 0.497 e. The van der Waals surface area contributed by atoms with Crippen LogP contribution in [0.15, 0.2) is 41.4 Å². The maximum absolute atomic E-state index is 12.9. The first-order chi connectivity index (χ1) is 13.5. The van der Waals surface area contributed by atoms with Gasteiger partial charge in [-0.3, -0.25) is 4.79 Å². The number of nitrogens with zero attached hydrogens (tertiary/aromatic N) is 2. The molecular weight excluding hydrogens is 372 g/mol. The van der Waals surface area contributed by atoms with Gasteiger partial charge in [-0.15, -0.1) is 6.42 Å². The molecule has 5 nitrogen and oxygen atoms in total. The number of benzene rings is 2. The second-order valence-electron chi connectivity index (χ2n) is 6.54. The number of amides is 1. The third-order valence-corrected chi connectivity index (χ3v) is 5.50. The van der Waals surface area contributed by atoms with Gasteiger partial charge in [0.2, 0.25) is 0 Å². The number of hydrogen-bond acceptors (Lipinski definition) is 4. The normalized spacial score (nSPS) is 11.6. The van der Waals surface area contributed by atoms with Crippen LogP contribution in [0.5, 0.6) is 11.5 Å². The number of fused-ring (bicyclic) bond motifs is 1. The Bertz CT molecular complexity index is 1130. The van der Waals surface area contributed by atoms with Gasteiger partial charge in [-0.25, -0.2) is 0 Å². The third kappa shape index (κ3) is 3.80. The molecule has 0 spiro atoms. The van der Waals surface area contributed by atoms with Crippen molar-refractivity contribution in [3.63, 3.8) is 0 Å². The van der Waals surface area contributed by atoms with E-state index in [1.54, 1.807) is 25.3 Å². The molecule has 0 unspecified atom stereocenters. The van der Waals surface area contributed by atoms with Crippen molar-refractivity contribution in [2.45, 2.75) is 26.3 Å². The lowest BCUT2D eigenvalue weighted by Crippen LogP contribution is -2.16. The van der Waals surface area contributed by atoms with Gasteiger partial charge in [0.15, 0.2) is 4.80 Å². The molecule has 6 heteroatoms. The molecule has 0 bridgehead atoms. The Morgan fingerprint density at radius 2 is 2.00 bits per heavy atom. The van der Waals surface area contributed by atoms with E-state index in [0.717, 1.165) is 10.2 Å². The first kappa shape index (κ1) is 19.7. The van der Waals surface area contributed by atoms with Crippen LogP contribution in [0.2, 0.25) is 0 Å². The molecule has 0 saturated carbocycles. The molecule has 0 saturated heterocycles. The van der Waals surface area contributed by atoms with Crippen molar-refractivity contribution < 1.29 is 14.3 Å². The minimum absolute atomic E-state index is 0.336. The van der Waals surface area contributed by atoms with E-state index >= 15 is 0 Å². The van der Waals surface area contributed by atoms with Gasteiger partial charge >= 0.3 is 0 Å². The molecule has 1 amide bonds. The van der Waals surface area contributed by atoms with Crippen LogP contribution in [-0.4, -0.2) is 24.7 Å². The summed E-state index contributed by atoms with van der Waals surface area (Å²) < 4.78 is 13.5. The van der Waals surface area contributed by atoms with Crippen molar-refractivity contribution in [2.75, 3.05) is 14.2 Å². The quantitative estimate of drug-likeness (QED) is 0.609. The first-order valence-electron chi connectivity index (χ1n) is 8.86. The van der Waals surface area contributed by atoms with Crippen LogP contribution in [-0.2, 0) is 6.54 Å². The molecule has 0 aliphatic carbocycles. The Balaban J connectivity index is 2.17. The maximum atomic E-state index is 12.9. The van der Waals surface area contributed by atoms with E-state index in [1.165, 1.54) is 24.0 Å². The number of rotatable bonds is 5. The molecule has 1 heterocycles. The predicted octanol–water partition coefficient (Wildman–Crippen LogP) is 4.22. The van der Waals surface area contributed by atoms with E-state index in [9.17, 15) is 4.79 Å². The van der Waals surface area contributed by atoms with Crippen molar-refractivity contribution >= 4 is 27.5 Å². The SMILES string of the molecule is C#CCn1c(=NC(=O)c2cc(OC)ccc2OC)sc2cc(C(C)C)ccc21. The summed E-state index contributed by atoms with van der Waals surface area (Å²) in [5, 5.41) is 0. The zero-order chi connectivity index (χ0) is 20.3. The fourth-order valence-corrected chi connectivity index (χ4v) is 3.98. The summed E-state index contributed by atoms with van der Waals surface area (Å²) in [6, 6.07) is 11.3.